The van der Waals surface area contributed by atoms with Crippen LogP contribution in [0.5, 0.6) is 0 Å². The van der Waals surface area contributed by atoms with Crippen molar-refractivity contribution >= 4 is 5.97 Å². The van der Waals surface area contributed by atoms with Gasteiger partial charge in [0.15, 0.2) is 0 Å². The number of rotatable bonds is 14. The van der Waals surface area contributed by atoms with E-state index in [0.29, 0.717) is 25.2 Å². The Morgan fingerprint density at radius 3 is 2.14 bits per heavy atom. The molecule has 3 heteroatoms. The lowest BCUT2D eigenvalue weighted by atomic mass is 10.0. The van der Waals surface area contributed by atoms with Gasteiger partial charge in [0, 0.05) is 6.42 Å². The summed E-state index contributed by atoms with van der Waals surface area (Å²) in [5.74, 6) is -0.0443. The zero-order valence-corrected chi connectivity index (χ0v) is 14.1. The van der Waals surface area contributed by atoms with Crippen LogP contribution in [0.4, 0.5) is 0 Å². The van der Waals surface area contributed by atoms with E-state index in [-0.39, 0.29) is 5.97 Å². The molecule has 0 saturated carbocycles. The largest absolute Gasteiger partial charge is 0.466 e. The Morgan fingerprint density at radius 2 is 1.48 bits per heavy atom. The van der Waals surface area contributed by atoms with E-state index in [9.17, 15) is 4.79 Å². The number of unbranched alkanes of at least 4 members (excludes halogenated alkanes) is 6. The van der Waals surface area contributed by atoms with Crippen molar-refractivity contribution in [3.05, 3.63) is 0 Å². The molecule has 1 saturated heterocycles. The Labute approximate surface area is 130 Å². The van der Waals surface area contributed by atoms with Gasteiger partial charge in [-0.15, -0.1) is 0 Å². The van der Waals surface area contributed by atoms with Crippen LogP contribution in [0.3, 0.4) is 0 Å². The summed E-state index contributed by atoms with van der Waals surface area (Å²) in [4.78, 5) is 11.3. The molecule has 0 aromatic rings. The van der Waals surface area contributed by atoms with E-state index in [1.165, 1.54) is 44.9 Å². The smallest absolute Gasteiger partial charge is 0.305 e. The van der Waals surface area contributed by atoms with Crippen molar-refractivity contribution in [3.63, 3.8) is 0 Å². The Hall–Kier alpha value is -0.570. The number of carbonyl (C=O) groups excluding carboxylic acids is 1. The SMILES string of the molecule is CCCCCCCCC1OC1CCCCC(=O)OCCC. The van der Waals surface area contributed by atoms with Gasteiger partial charge in [-0.1, -0.05) is 58.8 Å². The first-order valence-corrected chi connectivity index (χ1v) is 9.09. The predicted octanol–water partition coefficient (Wildman–Crippen LogP) is 5.02. The Kier molecular flexibility index (Phi) is 10.6. The van der Waals surface area contributed by atoms with Gasteiger partial charge >= 0.3 is 5.97 Å². The first-order chi connectivity index (χ1) is 10.3. The van der Waals surface area contributed by atoms with Gasteiger partial charge in [0.05, 0.1) is 18.8 Å². The second-order valence-electron chi connectivity index (χ2n) is 6.24. The molecule has 0 aromatic carbocycles. The molecule has 1 aliphatic rings. The van der Waals surface area contributed by atoms with Gasteiger partial charge in [0.25, 0.3) is 0 Å². The number of hydrogen-bond acceptors (Lipinski definition) is 3. The van der Waals surface area contributed by atoms with Crippen LogP contribution in [0.15, 0.2) is 0 Å². The van der Waals surface area contributed by atoms with Crippen LogP contribution in [-0.2, 0) is 14.3 Å². The maximum absolute atomic E-state index is 11.3. The van der Waals surface area contributed by atoms with E-state index in [2.05, 4.69) is 6.92 Å². The van der Waals surface area contributed by atoms with Crippen molar-refractivity contribution in [3.8, 4) is 0 Å². The van der Waals surface area contributed by atoms with E-state index >= 15 is 0 Å². The summed E-state index contributed by atoms with van der Waals surface area (Å²) >= 11 is 0. The molecular formula is C18H34O3. The third kappa shape index (κ3) is 9.89. The molecule has 0 N–H and O–H groups in total. The molecule has 124 valence electrons. The molecule has 1 aliphatic heterocycles. The van der Waals surface area contributed by atoms with Crippen molar-refractivity contribution in [1.82, 2.24) is 0 Å². The monoisotopic (exact) mass is 298 g/mol. The lowest BCUT2D eigenvalue weighted by Crippen LogP contribution is -2.05. The van der Waals surface area contributed by atoms with E-state index < -0.39 is 0 Å². The van der Waals surface area contributed by atoms with Gasteiger partial charge in [-0.2, -0.15) is 0 Å². The fraction of sp³-hybridized carbons (Fsp3) is 0.944. The van der Waals surface area contributed by atoms with Crippen molar-refractivity contribution in [2.24, 2.45) is 0 Å². The molecule has 2 unspecified atom stereocenters. The number of esters is 1. The summed E-state index contributed by atoms with van der Waals surface area (Å²) in [6.45, 7) is 4.83. The van der Waals surface area contributed by atoms with Crippen LogP contribution in [0, 0.1) is 0 Å². The molecule has 0 bridgehead atoms. The lowest BCUT2D eigenvalue weighted by Gasteiger charge is -2.02. The van der Waals surface area contributed by atoms with E-state index in [1.807, 2.05) is 6.92 Å². The fourth-order valence-electron chi connectivity index (χ4n) is 2.72. The quantitative estimate of drug-likeness (QED) is 0.257. The van der Waals surface area contributed by atoms with Gasteiger partial charge < -0.3 is 9.47 Å². The van der Waals surface area contributed by atoms with Crippen molar-refractivity contribution in [2.45, 2.75) is 103 Å². The number of carbonyl (C=O) groups is 1. The van der Waals surface area contributed by atoms with Crippen LogP contribution < -0.4 is 0 Å². The summed E-state index contributed by atoms with van der Waals surface area (Å²) in [6.07, 6.45) is 15.0. The van der Waals surface area contributed by atoms with Crippen LogP contribution in [-0.4, -0.2) is 24.8 Å². The highest BCUT2D eigenvalue weighted by molar-refractivity contribution is 5.69. The van der Waals surface area contributed by atoms with E-state index in [0.717, 1.165) is 25.7 Å². The number of hydrogen-bond donors (Lipinski definition) is 0. The highest BCUT2D eigenvalue weighted by atomic mass is 16.6. The minimum atomic E-state index is -0.0443. The number of epoxide rings is 1. The van der Waals surface area contributed by atoms with Crippen LogP contribution in [0.25, 0.3) is 0 Å². The minimum absolute atomic E-state index is 0.0443. The van der Waals surface area contributed by atoms with Crippen molar-refractivity contribution in [1.29, 1.82) is 0 Å². The summed E-state index contributed by atoms with van der Waals surface area (Å²) in [7, 11) is 0. The molecule has 3 nitrogen and oxygen atoms in total. The van der Waals surface area contributed by atoms with Crippen LogP contribution in [0.1, 0.15) is 90.9 Å². The molecule has 1 fully saturated rings. The molecule has 2 atom stereocenters. The molecule has 0 radical (unpaired) electrons. The third-order valence-corrected chi connectivity index (χ3v) is 4.12. The van der Waals surface area contributed by atoms with Gasteiger partial charge in [0.1, 0.15) is 0 Å². The summed E-state index contributed by atoms with van der Waals surface area (Å²) < 4.78 is 10.8. The first-order valence-electron chi connectivity index (χ1n) is 9.09. The third-order valence-electron chi connectivity index (χ3n) is 4.12. The highest BCUT2D eigenvalue weighted by Gasteiger charge is 2.36. The lowest BCUT2D eigenvalue weighted by molar-refractivity contribution is -0.143. The zero-order chi connectivity index (χ0) is 15.3. The Morgan fingerprint density at radius 1 is 0.857 bits per heavy atom. The van der Waals surface area contributed by atoms with Gasteiger partial charge in [0.2, 0.25) is 0 Å². The average Bonchev–Trinajstić information content (AvgIpc) is 3.23. The molecule has 21 heavy (non-hydrogen) atoms. The Balaban J connectivity index is 1.83. The fourth-order valence-corrected chi connectivity index (χ4v) is 2.72. The minimum Gasteiger partial charge on any atom is -0.466 e. The zero-order valence-electron chi connectivity index (χ0n) is 14.1. The maximum atomic E-state index is 11.3. The average molecular weight is 298 g/mol. The van der Waals surface area contributed by atoms with Gasteiger partial charge in [-0.05, 0) is 25.7 Å². The molecular weight excluding hydrogens is 264 g/mol. The molecule has 1 heterocycles. The summed E-state index contributed by atoms with van der Waals surface area (Å²) in [5.41, 5.74) is 0. The van der Waals surface area contributed by atoms with E-state index in [1.54, 1.807) is 0 Å². The summed E-state index contributed by atoms with van der Waals surface area (Å²) in [5, 5.41) is 0. The van der Waals surface area contributed by atoms with Crippen molar-refractivity contribution in [2.75, 3.05) is 6.61 Å². The van der Waals surface area contributed by atoms with Gasteiger partial charge in [-0.25, -0.2) is 0 Å². The molecule has 0 aliphatic carbocycles. The second kappa shape index (κ2) is 12.0. The molecule has 0 spiro atoms. The molecule has 0 aromatic heterocycles. The van der Waals surface area contributed by atoms with Crippen molar-refractivity contribution < 1.29 is 14.3 Å². The standard InChI is InChI=1S/C18H34O3/c1-3-5-6-7-8-9-12-16-17(21-16)13-10-11-14-18(19)20-15-4-2/h16-17H,3-15H2,1-2H3. The van der Waals surface area contributed by atoms with Crippen LogP contribution in [0.2, 0.25) is 0 Å². The predicted molar refractivity (Wildman–Crippen MR) is 86.4 cm³/mol. The van der Waals surface area contributed by atoms with E-state index in [4.69, 9.17) is 9.47 Å². The number of ether oxygens (including phenoxy) is 2. The highest BCUT2D eigenvalue weighted by Crippen LogP contribution is 2.31. The first kappa shape index (κ1) is 18.5. The molecule has 1 rings (SSSR count). The normalized spacial score (nSPS) is 20.5. The topological polar surface area (TPSA) is 38.8 Å². The second-order valence-corrected chi connectivity index (χ2v) is 6.24. The molecule has 0 amide bonds. The van der Waals surface area contributed by atoms with Gasteiger partial charge in [-0.3, -0.25) is 4.79 Å². The van der Waals surface area contributed by atoms with Crippen LogP contribution >= 0.6 is 0 Å². The maximum Gasteiger partial charge on any atom is 0.305 e. The Bertz CT molecular complexity index is 265. The summed E-state index contributed by atoms with van der Waals surface area (Å²) in [6, 6.07) is 0.